The number of hydrogen-bond acceptors (Lipinski definition) is 2. The summed E-state index contributed by atoms with van der Waals surface area (Å²) in [5.74, 6) is 0. The summed E-state index contributed by atoms with van der Waals surface area (Å²) in [4.78, 5) is 0. The van der Waals surface area contributed by atoms with Crippen LogP contribution >= 0.6 is 0 Å². The van der Waals surface area contributed by atoms with Crippen LogP contribution in [0.3, 0.4) is 0 Å². The molecular formula is C15H30N2. The molecule has 0 radical (unpaired) electrons. The predicted octanol–water partition coefficient (Wildman–Crippen LogP) is 2.79. The maximum Gasteiger partial charge on any atom is 0.0181 e. The standard InChI is InChI=1S/C15H30N2/c1-6-15(8-7-9-16-10-15)11-17-12-13(2,3)14(12,4)5/h12,16-17H,6-11H2,1-5H3. The first-order valence-corrected chi connectivity index (χ1v) is 7.30. The van der Waals surface area contributed by atoms with E-state index in [2.05, 4.69) is 45.3 Å². The zero-order valence-electron chi connectivity index (χ0n) is 12.3. The zero-order chi connectivity index (χ0) is 12.7. The molecule has 1 saturated heterocycles. The molecule has 2 rings (SSSR count). The van der Waals surface area contributed by atoms with Crippen LogP contribution in [0.25, 0.3) is 0 Å². The molecule has 2 fully saturated rings. The minimum absolute atomic E-state index is 0.462. The van der Waals surface area contributed by atoms with Crippen LogP contribution in [-0.4, -0.2) is 25.7 Å². The van der Waals surface area contributed by atoms with Crippen LogP contribution in [0.2, 0.25) is 0 Å². The van der Waals surface area contributed by atoms with E-state index in [-0.39, 0.29) is 0 Å². The van der Waals surface area contributed by atoms with Gasteiger partial charge in [0.25, 0.3) is 0 Å². The molecule has 0 aromatic carbocycles. The van der Waals surface area contributed by atoms with Gasteiger partial charge in [-0.25, -0.2) is 0 Å². The zero-order valence-corrected chi connectivity index (χ0v) is 12.3. The highest BCUT2D eigenvalue weighted by Gasteiger charge is 2.64. The monoisotopic (exact) mass is 238 g/mol. The van der Waals surface area contributed by atoms with E-state index in [4.69, 9.17) is 0 Å². The van der Waals surface area contributed by atoms with Gasteiger partial charge in [-0.2, -0.15) is 0 Å². The van der Waals surface area contributed by atoms with E-state index in [9.17, 15) is 0 Å². The predicted molar refractivity (Wildman–Crippen MR) is 74.2 cm³/mol. The van der Waals surface area contributed by atoms with Crippen LogP contribution in [-0.2, 0) is 0 Å². The molecule has 1 saturated carbocycles. The van der Waals surface area contributed by atoms with Crippen molar-refractivity contribution < 1.29 is 0 Å². The lowest BCUT2D eigenvalue weighted by Gasteiger charge is -2.37. The molecule has 0 aromatic heterocycles. The third-order valence-electron chi connectivity index (χ3n) is 6.01. The van der Waals surface area contributed by atoms with Crippen molar-refractivity contribution in [2.24, 2.45) is 16.2 Å². The maximum absolute atomic E-state index is 3.86. The molecule has 17 heavy (non-hydrogen) atoms. The van der Waals surface area contributed by atoms with Gasteiger partial charge in [0.2, 0.25) is 0 Å². The third-order valence-corrected chi connectivity index (χ3v) is 6.01. The van der Waals surface area contributed by atoms with Gasteiger partial charge in [0.15, 0.2) is 0 Å². The van der Waals surface area contributed by atoms with Crippen LogP contribution in [0.5, 0.6) is 0 Å². The van der Waals surface area contributed by atoms with Gasteiger partial charge in [0, 0.05) is 19.1 Å². The molecule has 0 amide bonds. The Morgan fingerprint density at radius 1 is 1.18 bits per heavy atom. The lowest BCUT2D eigenvalue weighted by atomic mass is 9.78. The number of piperidine rings is 1. The Morgan fingerprint density at radius 2 is 1.82 bits per heavy atom. The van der Waals surface area contributed by atoms with Crippen LogP contribution in [0.1, 0.15) is 53.9 Å². The Hall–Kier alpha value is -0.0800. The summed E-state index contributed by atoms with van der Waals surface area (Å²) in [6.45, 7) is 15.5. The number of hydrogen-bond donors (Lipinski definition) is 2. The SMILES string of the molecule is CCC1(CNC2C(C)(C)C2(C)C)CCCNC1. The smallest absolute Gasteiger partial charge is 0.0181 e. The highest BCUT2D eigenvalue weighted by Crippen LogP contribution is 2.62. The molecule has 1 aliphatic carbocycles. The quantitative estimate of drug-likeness (QED) is 0.787. The van der Waals surface area contributed by atoms with Crippen molar-refractivity contribution in [1.82, 2.24) is 10.6 Å². The van der Waals surface area contributed by atoms with Crippen molar-refractivity contribution in [3.63, 3.8) is 0 Å². The van der Waals surface area contributed by atoms with Crippen molar-refractivity contribution in [1.29, 1.82) is 0 Å². The molecule has 2 heteroatoms. The summed E-state index contributed by atoms with van der Waals surface area (Å²) >= 11 is 0. The summed E-state index contributed by atoms with van der Waals surface area (Å²) in [6, 6.07) is 0.695. The molecule has 1 aliphatic heterocycles. The fraction of sp³-hybridized carbons (Fsp3) is 1.00. The molecule has 2 aliphatic rings. The van der Waals surface area contributed by atoms with Gasteiger partial charge in [0.05, 0.1) is 0 Å². The molecule has 1 atom stereocenters. The molecule has 0 bridgehead atoms. The van der Waals surface area contributed by atoms with Crippen LogP contribution < -0.4 is 10.6 Å². The Bertz CT molecular complexity index is 261. The topological polar surface area (TPSA) is 24.1 Å². The molecule has 2 nitrogen and oxygen atoms in total. The average molecular weight is 238 g/mol. The fourth-order valence-corrected chi connectivity index (χ4v) is 3.63. The minimum atomic E-state index is 0.462. The highest BCUT2D eigenvalue weighted by atomic mass is 15.1. The first-order valence-electron chi connectivity index (χ1n) is 7.30. The molecule has 1 unspecified atom stereocenters. The summed E-state index contributed by atoms with van der Waals surface area (Å²) in [7, 11) is 0. The van der Waals surface area contributed by atoms with E-state index in [1.54, 1.807) is 0 Å². The molecule has 0 spiro atoms. The Labute approximate surface area is 107 Å². The van der Waals surface area contributed by atoms with E-state index in [0.29, 0.717) is 22.3 Å². The summed E-state index contributed by atoms with van der Waals surface area (Å²) in [5, 5.41) is 7.43. The second kappa shape index (κ2) is 4.24. The van der Waals surface area contributed by atoms with Gasteiger partial charge in [-0.15, -0.1) is 0 Å². The van der Waals surface area contributed by atoms with Gasteiger partial charge in [-0.05, 0) is 42.1 Å². The lowest BCUT2D eigenvalue weighted by Crippen LogP contribution is -2.47. The Balaban J connectivity index is 1.89. The third kappa shape index (κ3) is 2.15. The van der Waals surface area contributed by atoms with E-state index in [0.717, 1.165) is 0 Å². The van der Waals surface area contributed by atoms with Crippen molar-refractivity contribution >= 4 is 0 Å². The number of nitrogens with one attached hydrogen (secondary N) is 2. The average Bonchev–Trinajstić information content (AvgIpc) is 2.68. The number of rotatable bonds is 4. The van der Waals surface area contributed by atoms with Crippen molar-refractivity contribution in [3.05, 3.63) is 0 Å². The van der Waals surface area contributed by atoms with Crippen molar-refractivity contribution in [2.45, 2.75) is 59.9 Å². The highest BCUT2D eigenvalue weighted by molar-refractivity contribution is 5.18. The minimum Gasteiger partial charge on any atom is -0.316 e. The normalized spacial score (nSPS) is 35.8. The fourth-order valence-electron chi connectivity index (χ4n) is 3.63. The van der Waals surface area contributed by atoms with Gasteiger partial charge in [-0.3, -0.25) is 0 Å². The summed E-state index contributed by atoms with van der Waals surface area (Å²) < 4.78 is 0. The van der Waals surface area contributed by atoms with Crippen LogP contribution in [0.15, 0.2) is 0 Å². The molecule has 2 N–H and O–H groups in total. The van der Waals surface area contributed by atoms with Crippen LogP contribution in [0, 0.1) is 16.2 Å². The van der Waals surface area contributed by atoms with E-state index >= 15 is 0 Å². The van der Waals surface area contributed by atoms with Gasteiger partial charge in [0.1, 0.15) is 0 Å². The molecule has 100 valence electrons. The van der Waals surface area contributed by atoms with Crippen molar-refractivity contribution in [3.8, 4) is 0 Å². The van der Waals surface area contributed by atoms with E-state index in [1.807, 2.05) is 0 Å². The maximum atomic E-state index is 3.86. The first-order chi connectivity index (χ1) is 7.86. The van der Waals surface area contributed by atoms with E-state index < -0.39 is 0 Å². The molecule has 0 aromatic rings. The van der Waals surface area contributed by atoms with E-state index in [1.165, 1.54) is 38.9 Å². The van der Waals surface area contributed by atoms with Gasteiger partial charge >= 0.3 is 0 Å². The molecular weight excluding hydrogens is 208 g/mol. The summed E-state index contributed by atoms with van der Waals surface area (Å²) in [6.07, 6.45) is 4.02. The summed E-state index contributed by atoms with van der Waals surface area (Å²) in [5.41, 5.74) is 1.43. The van der Waals surface area contributed by atoms with Gasteiger partial charge < -0.3 is 10.6 Å². The first kappa shape index (κ1) is 13.4. The van der Waals surface area contributed by atoms with Crippen LogP contribution in [0.4, 0.5) is 0 Å². The van der Waals surface area contributed by atoms with Gasteiger partial charge in [-0.1, -0.05) is 34.6 Å². The Morgan fingerprint density at radius 3 is 2.24 bits per heavy atom. The van der Waals surface area contributed by atoms with Crippen molar-refractivity contribution in [2.75, 3.05) is 19.6 Å². The largest absolute Gasteiger partial charge is 0.316 e. The second-order valence-corrected chi connectivity index (χ2v) is 7.39. The molecule has 1 heterocycles. The Kier molecular flexibility index (Phi) is 3.33. The second-order valence-electron chi connectivity index (χ2n) is 7.39. The lowest BCUT2D eigenvalue weighted by molar-refractivity contribution is 0.189.